The molecule has 98 valence electrons. The fourth-order valence-corrected chi connectivity index (χ4v) is 1.77. The van der Waals surface area contributed by atoms with E-state index in [1.165, 1.54) is 18.2 Å². The van der Waals surface area contributed by atoms with Gasteiger partial charge in [0.25, 0.3) is 5.69 Å². The first kappa shape index (κ1) is 13.2. The van der Waals surface area contributed by atoms with Crippen molar-refractivity contribution in [3.63, 3.8) is 0 Å². The molecule has 2 N–H and O–H groups in total. The summed E-state index contributed by atoms with van der Waals surface area (Å²) < 4.78 is 0. The largest absolute Gasteiger partial charge is 0.506 e. The number of nitro groups is 1. The lowest BCUT2D eigenvalue weighted by Crippen LogP contribution is -1.99. The fraction of sp³-hybridized carbons (Fsp3) is 0.0769. The summed E-state index contributed by atoms with van der Waals surface area (Å²) in [5.41, 5.74) is 1.73. The number of halogens is 1. The molecule has 2 aromatic rings. The van der Waals surface area contributed by atoms with Gasteiger partial charge in [0.05, 0.1) is 9.95 Å². The molecule has 0 aliphatic carbocycles. The number of non-ortho nitro benzene ring substituents is 1. The SMILES string of the molecule is O=[N+]([O-])c1ccc(NCc2ccc(O)c(Cl)c2)cc1. The molecule has 5 nitrogen and oxygen atoms in total. The van der Waals surface area contributed by atoms with Gasteiger partial charge in [-0.15, -0.1) is 0 Å². The van der Waals surface area contributed by atoms with Crippen LogP contribution in [0.4, 0.5) is 11.4 Å². The second kappa shape index (κ2) is 5.58. The van der Waals surface area contributed by atoms with Crippen molar-refractivity contribution in [2.45, 2.75) is 6.54 Å². The Morgan fingerprint density at radius 2 is 1.89 bits per heavy atom. The van der Waals surface area contributed by atoms with Crippen LogP contribution in [0.1, 0.15) is 5.56 Å². The second-order valence-electron chi connectivity index (χ2n) is 3.94. The van der Waals surface area contributed by atoms with E-state index in [2.05, 4.69) is 5.32 Å². The van der Waals surface area contributed by atoms with Crippen LogP contribution in [0.2, 0.25) is 5.02 Å². The summed E-state index contributed by atoms with van der Waals surface area (Å²) in [7, 11) is 0. The third-order valence-corrected chi connectivity index (χ3v) is 2.89. The van der Waals surface area contributed by atoms with E-state index >= 15 is 0 Å². The maximum atomic E-state index is 10.5. The zero-order valence-corrected chi connectivity index (χ0v) is 10.6. The highest BCUT2D eigenvalue weighted by Gasteiger charge is 2.04. The van der Waals surface area contributed by atoms with E-state index in [0.29, 0.717) is 11.6 Å². The van der Waals surface area contributed by atoms with E-state index in [1.54, 1.807) is 24.3 Å². The first-order valence-electron chi connectivity index (χ1n) is 5.52. The summed E-state index contributed by atoms with van der Waals surface area (Å²) in [5.74, 6) is 0.0424. The maximum absolute atomic E-state index is 10.5. The van der Waals surface area contributed by atoms with Gasteiger partial charge in [-0.1, -0.05) is 17.7 Å². The highest BCUT2D eigenvalue weighted by atomic mass is 35.5. The summed E-state index contributed by atoms with van der Waals surface area (Å²) in [6, 6.07) is 11.1. The van der Waals surface area contributed by atoms with E-state index in [9.17, 15) is 15.2 Å². The number of aromatic hydroxyl groups is 1. The molecule has 0 bridgehead atoms. The van der Waals surface area contributed by atoms with E-state index in [0.717, 1.165) is 11.3 Å². The lowest BCUT2D eigenvalue weighted by molar-refractivity contribution is -0.384. The number of nitrogens with one attached hydrogen (secondary N) is 1. The van der Waals surface area contributed by atoms with Crippen molar-refractivity contribution >= 4 is 23.0 Å². The third kappa shape index (κ3) is 3.35. The first-order chi connectivity index (χ1) is 9.06. The van der Waals surface area contributed by atoms with Gasteiger partial charge in [0, 0.05) is 24.4 Å². The molecule has 0 amide bonds. The van der Waals surface area contributed by atoms with Crippen molar-refractivity contribution in [2.75, 3.05) is 5.32 Å². The van der Waals surface area contributed by atoms with E-state index in [-0.39, 0.29) is 11.4 Å². The lowest BCUT2D eigenvalue weighted by Gasteiger charge is -2.07. The zero-order valence-electron chi connectivity index (χ0n) is 9.84. The molecule has 0 saturated carbocycles. The van der Waals surface area contributed by atoms with Crippen LogP contribution in [0.25, 0.3) is 0 Å². The van der Waals surface area contributed by atoms with Crippen molar-refractivity contribution < 1.29 is 10.0 Å². The summed E-state index contributed by atoms with van der Waals surface area (Å²) in [6.45, 7) is 0.512. The highest BCUT2D eigenvalue weighted by Crippen LogP contribution is 2.24. The molecule has 0 aromatic heterocycles. The number of hydrogen-bond acceptors (Lipinski definition) is 4. The Morgan fingerprint density at radius 3 is 2.47 bits per heavy atom. The Bertz CT molecular complexity index is 599. The molecule has 0 aliphatic heterocycles. The quantitative estimate of drug-likeness (QED) is 0.662. The minimum absolute atomic E-state index is 0.0424. The molecule has 0 saturated heterocycles. The summed E-state index contributed by atoms with van der Waals surface area (Å²) >= 11 is 5.80. The number of nitrogens with zero attached hydrogens (tertiary/aromatic N) is 1. The molecule has 0 atom stereocenters. The minimum Gasteiger partial charge on any atom is -0.506 e. The summed E-state index contributed by atoms with van der Waals surface area (Å²) in [6.07, 6.45) is 0. The smallest absolute Gasteiger partial charge is 0.269 e. The molecule has 0 radical (unpaired) electrons. The van der Waals surface area contributed by atoms with Gasteiger partial charge in [0.15, 0.2) is 0 Å². The van der Waals surface area contributed by atoms with Crippen LogP contribution in [0.15, 0.2) is 42.5 Å². The molecule has 0 unspecified atom stereocenters. The first-order valence-corrected chi connectivity index (χ1v) is 5.90. The van der Waals surface area contributed by atoms with Crippen LogP contribution < -0.4 is 5.32 Å². The second-order valence-corrected chi connectivity index (χ2v) is 4.35. The van der Waals surface area contributed by atoms with Crippen molar-refractivity contribution in [1.29, 1.82) is 0 Å². The Morgan fingerprint density at radius 1 is 1.21 bits per heavy atom. The molecule has 19 heavy (non-hydrogen) atoms. The van der Waals surface area contributed by atoms with Crippen molar-refractivity contribution in [2.24, 2.45) is 0 Å². The lowest BCUT2D eigenvalue weighted by atomic mass is 10.2. The van der Waals surface area contributed by atoms with Crippen LogP contribution in [0.3, 0.4) is 0 Å². The summed E-state index contributed by atoms with van der Waals surface area (Å²) in [5, 5.41) is 23.2. The van der Waals surface area contributed by atoms with Crippen molar-refractivity contribution in [1.82, 2.24) is 0 Å². The van der Waals surface area contributed by atoms with Crippen LogP contribution in [-0.2, 0) is 6.54 Å². The fourth-order valence-electron chi connectivity index (χ4n) is 1.57. The molecule has 2 aromatic carbocycles. The number of phenolic OH excluding ortho intramolecular Hbond substituents is 1. The molecular weight excluding hydrogens is 268 g/mol. The third-order valence-electron chi connectivity index (χ3n) is 2.59. The van der Waals surface area contributed by atoms with Crippen LogP contribution in [0.5, 0.6) is 5.75 Å². The van der Waals surface area contributed by atoms with Gasteiger partial charge in [-0.2, -0.15) is 0 Å². The normalized spacial score (nSPS) is 10.2. The van der Waals surface area contributed by atoms with Gasteiger partial charge >= 0.3 is 0 Å². The van der Waals surface area contributed by atoms with E-state index in [1.807, 2.05) is 0 Å². The highest BCUT2D eigenvalue weighted by molar-refractivity contribution is 6.32. The van der Waals surface area contributed by atoms with Gasteiger partial charge in [-0.3, -0.25) is 10.1 Å². The number of anilines is 1. The number of nitro benzene ring substituents is 1. The topological polar surface area (TPSA) is 75.4 Å². The van der Waals surface area contributed by atoms with E-state index in [4.69, 9.17) is 11.6 Å². The molecule has 0 fully saturated rings. The standard InChI is InChI=1S/C13H11ClN2O3/c14-12-7-9(1-6-13(12)17)8-15-10-2-4-11(5-3-10)16(18)19/h1-7,15,17H,8H2. The van der Waals surface area contributed by atoms with Gasteiger partial charge in [0.1, 0.15) is 5.75 Å². The molecule has 6 heteroatoms. The Hall–Kier alpha value is -2.27. The van der Waals surface area contributed by atoms with Gasteiger partial charge in [-0.25, -0.2) is 0 Å². The molecule has 0 spiro atoms. The molecule has 0 heterocycles. The number of rotatable bonds is 4. The number of phenols is 1. The Labute approximate surface area is 114 Å². The zero-order chi connectivity index (χ0) is 13.8. The van der Waals surface area contributed by atoms with Gasteiger partial charge < -0.3 is 10.4 Å². The van der Waals surface area contributed by atoms with Gasteiger partial charge in [0.2, 0.25) is 0 Å². The molecule has 0 aliphatic rings. The predicted octanol–water partition coefficient (Wildman–Crippen LogP) is 3.57. The van der Waals surface area contributed by atoms with Crippen LogP contribution in [-0.4, -0.2) is 10.0 Å². The number of hydrogen-bond donors (Lipinski definition) is 2. The van der Waals surface area contributed by atoms with E-state index < -0.39 is 4.92 Å². The Kier molecular flexibility index (Phi) is 3.87. The van der Waals surface area contributed by atoms with Gasteiger partial charge in [-0.05, 0) is 29.8 Å². The van der Waals surface area contributed by atoms with Crippen molar-refractivity contribution in [3.8, 4) is 5.75 Å². The maximum Gasteiger partial charge on any atom is 0.269 e. The Balaban J connectivity index is 2.01. The van der Waals surface area contributed by atoms with Crippen LogP contribution >= 0.6 is 11.6 Å². The average molecular weight is 279 g/mol. The molecular formula is C13H11ClN2O3. The van der Waals surface area contributed by atoms with Crippen molar-refractivity contribution in [3.05, 3.63) is 63.2 Å². The number of benzene rings is 2. The monoisotopic (exact) mass is 278 g/mol. The summed E-state index contributed by atoms with van der Waals surface area (Å²) in [4.78, 5) is 10.1. The average Bonchev–Trinajstić information content (AvgIpc) is 2.40. The predicted molar refractivity (Wildman–Crippen MR) is 73.5 cm³/mol. The molecule has 2 rings (SSSR count). The minimum atomic E-state index is -0.441. The van der Waals surface area contributed by atoms with Crippen LogP contribution in [0, 0.1) is 10.1 Å².